The molecule has 0 aliphatic carbocycles. The predicted molar refractivity (Wildman–Crippen MR) is 102 cm³/mol. The first kappa shape index (κ1) is 22.0. The van der Waals surface area contributed by atoms with Crippen molar-refractivity contribution in [2.45, 2.75) is 18.6 Å². The van der Waals surface area contributed by atoms with Gasteiger partial charge >= 0.3 is 6.18 Å². The van der Waals surface area contributed by atoms with Crippen molar-refractivity contribution in [3.8, 4) is 23.8 Å². The van der Waals surface area contributed by atoms with E-state index in [-0.39, 0.29) is 30.3 Å². The summed E-state index contributed by atoms with van der Waals surface area (Å²) >= 11 is 0. The van der Waals surface area contributed by atoms with Crippen molar-refractivity contribution >= 4 is 17.5 Å². The molecule has 8 nitrogen and oxygen atoms in total. The van der Waals surface area contributed by atoms with Crippen LogP contribution in [0.5, 0.6) is 11.5 Å². The average molecular weight is 437 g/mol. The number of rotatable bonds is 6. The Morgan fingerprint density at radius 3 is 2.48 bits per heavy atom. The van der Waals surface area contributed by atoms with Crippen LogP contribution in [0.25, 0.3) is 0 Å². The third kappa shape index (κ3) is 4.74. The average Bonchev–Trinajstić information content (AvgIpc) is 3.35. The molecule has 164 valence electrons. The molecule has 0 radical (unpaired) electrons. The maximum Gasteiger partial charge on any atom is 0.406 e. The molecule has 1 saturated heterocycles. The number of amides is 2. The highest BCUT2D eigenvalue weighted by molar-refractivity contribution is 6.09. The lowest BCUT2D eigenvalue weighted by molar-refractivity contribution is -0.157. The number of aromatic nitrogens is 1. The van der Waals surface area contributed by atoms with Crippen LogP contribution < -0.4 is 14.4 Å². The van der Waals surface area contributed by atoms with Crippen LogP contribution in [0.2, 0.25) is 0 Å². The number of methoxy groups -OCH3 is 2. The number of likely N-dealkylation sites (tertiary alicyclic amines) is 1. The summed E-state index contributed by atoms with van der Waals surface area (Å²) in [6.45, 7) is -1.57. The Kier molecular flexibility index (Phi) is 6.10. The molecule has 0 spiro atoms. The zero-order valence-corrected chi connectivity index (χ0v) is 16.6. The van der Waals surface area contributed by atoms with Crippen molar-refractivity contribution in [2.24, 2.45) is 0 Å². The van der Waals surface area contributed by atoms with Crippen molar-refractivity contribution in [2.75, 3.05) is 32.2 Å². The van der Waals surface area contributed by atoms with Gasteiger partial charge in [-0.2, -0.15) is 13.2 Å². The molecule has 1 atom stereocenters. The molecule has 11 heteroatoms. The SMILES string of the molecule is C#Cc1ncc(C(=O)N(c2cc(OC)cc(OC)c2)C2CCN(CC(F)(F)F)C2=O)o1. The van der Waals surface area contributed by atoms with E-state index in [1.165, 1.54) is 26.4 Å². The second-order valence-electron chi connectivity index (χ2n) is 6.60. The molecule has 2 amide bonds. The Morgan fingerprint density at radius 1 is 1.32 bits per heavy atom. The number of halogens is 3. The smallest absolute Gasteiger partial charge is 0.406 e. The van der Waals surface area contributed by atoms with Gasteiger partial charge in [0.25, 0.3) is 11.8 Å². The molecule has 0 saturated carbocycles. The molecule has 1 unspecified atom stereocenters. The molecule has 1 aromatic heterocycles. The normalized spacial score (nSPS) is 16.2. The molecule has 0 N–H and O–H groups in total. The summed E-state index contributed by atoms with van der Waals surface area (Å²) < 4.78 is 54.2. The molecule has 1 aromatic carbocycles. The van der Waals surface area contributed by atoms with E-state index in [2.05, 4.69) is 10.9 Å². The summed E-state index contributed by atoms with van der Waals surface area (Å²) in [5.41, 5.74) is 0.173. The first-order valence-corrected chi connectivity index (χ1v) is 9.01. The highest BCUT2D eigenvalue weighted by atomic mass is 19.4. The Hall–Kier alpha value is -3.68. The Bertz CT molecular complexity index is 1010. The number of benzene rings is 1. The number of oxazole rings is 1. The first-order valence-electron chi connectivity index (χ1n) is 9.01. The lowest BCUT2D eigenvalue weighted by Gasteiger charge is -2.28. The van der Waals surface area contributed by atoms with E-state index < -0.39 is 30.6 Å². The highest BCUT2D eigenvalue weighted by Gasteiger charge is 2.44. The van der Waals surface area contributed by atoms with Gasteiger partial charge in [-0.15, -0.1) is 6.42 Å². The highest BCUT2D eigenvalue weighted by Crippen LogP contribution is 2.33. The quantitative estimate of drug-likeness (QED) is 0.646. The van der Waals surface area contributed by atoms with Gasteiger partial charge < -0.3 is 18.8 Å². The lowest BCUT2D eigenvalue weighted by atomic mass is 10.1. The zero-order chi connectivity index (χ0) is 22.8. The fraction of sp³-hybridized carbons (Fsp3) is 0.350. The minimum absolute atomic E-state index is 0.0175. The predicted octanol–water partition coefficient (Wildman–Crippen LogP) is 2.48. The van der Waals surface area contributed by atoms with Crippen LogP contribution in [0.4, 0.5) is 18.9 Å². The second kappa shape index (κ2) is 8.59. The number of carbonyl (C=O) groups excluding carboxylic acids is 2. The van der Waals surface area contributed by atoms with Gasteiger partial charge in [0.15, 0.2) is 0 Å². The second-order valence-corrected chi connectivity index (χ2v) is 6.60. The molecule has 3 rings (SSSR count). The van der Waals surface area contributed by atoms with Gasteiger partial charge in [0.05, 0.1) is 26.1 Å². The van der Waals surface area contributed by atoms with E-state index in [0.717, 1.165) is 11.1 Å². The van der Waals surface area contributed by atoms with Crippen molar-refractivity contribution < 1.29 is 36.7 Å². The van der Waals surface area contributed by atoms with Crippen LogP contribution in [0.1, 0.15) is 22.9 Å². The van der Waals surface area contributed by atoms with Crippen LogP contribution in [-0.4, -0.2) is 61.2 Å². The van der Waals surface area contributed by atoms with E-state index in [9.17, 15) is 22.8 Å². The third-order valence-electron chi connectivity index (χ3n) is 4.62. The van der Waals surface area contributed by atoms with E-state index in [1.807, 2.05) is 0 Å². The Morgan fingerprint density at radius 2 is 1.97 bits per heavy atom. The van der Waals surface area contributed by atoms with Gasteiger partial charge in [0.2, 0.25) is 11.7 Å². The molecule has 0 bridgehead atoms. The van der Waals surface area contributed by atoms with Crippen molar-refractivity contribution in [3.05, 3.63) is 36.0 Å². The van der Waals surface area contributed by atoms with Crippen molar-refractivity contribution in [3.63, 3.8) is 0 Å². The lowest BCUT2D eigenvalue weighted by Crippen LogP contribution is -2.47. The maximum atomic E-state index is 13.2. The van der Waals surface area contributed by atoms with Gasteiger partial charge in [-0.1, -0.05) is 0 Å². The number of hydrogen-bond donors (Lipinski definition) is 0. The Balaban J connectivity index is 2.04. The molecule has 1 aliphatic rings. The van der Waals surface area contributed by atoms with Crippen molar-refractivity contribution in [1.29, 1.82) is 0 Å². The van der Waals surface area contributed by atoms with E-state index in [1.54, 1.807) is 6.07 Å². The number of ether oxygens (including phenoxy) is 2. The van der Waals surface area contributed by atoms with Gasteiger partial charge in [0.1, 0.15) is 24.1 Å². The summed E-state index contributed by atoms with van der Waals surface area (Å²) in [6, 6.07) is 3.26. The molecule has 1 fully saturated rings. The molecule has 2 heterocycles. The van der Waals surface area contributed by atoms with Crippen LogP contribution in [-0.2, 0) is 4.79 Å². The summed E-state index contributed by atoms with van der Waals surface area (Å²) in [5.74, 6) is 0.708. The molecular formula is C20H18F3N3O5. The fourth-order valence-corrected chi connectivity index (χ4v) is 3.26. The number of hydrogen-bond acceptors (Lipinski definition) is 6. The summed E-state index contributed by atoms with van der Waals surface area (Å²) in [4.78, 5) is 31.5. The van der Waals surface area contributed by atoms with Gasteiger partial charge in [-0.25, -0.2) is 4.98 Å². The van der Waals surface area contributed by atoms with Crippen LogP contribution in [0.15, 0.2) is 28.8 Å². The zero-order valence-electron chi connectivity index (χ0n) is 16.6. The number of carbonyl (C=O) groups is 2. The molecule has 1 aliphatic heterocycles. The maximum absolute atomic E-state index is 13.2. The van der Waals surface area contributed by atoms with Crippen LogP contribution >= 0.6 is 0 Å². The van der Waals surface area contributed by atoms with Crippen LogP contribution in [0, 0.1) is 12.3 Å². The summed E-state index contributed by atoms with van der Waals surface area (Å²) in [5, 5.41) is 0. The van der Waals surface area contributed by atoms with Gasteiger partial charge in [-0.3, -0.25) is 14.5 Å². The largest absolute Gasteiger partial charge is 0.497 e. The van der Waals surface area contributed by atoms with Gasteiger partial charge in [0, 0.05) is 24.7 Å². The first-order chi connectivity index (χ1) is 14.7. The Labute approximate surface area is 175 Å². The summed E-state index contributed by atoms with van der Waals surface area (Å²) in [6.07, 6.45) is 1.73. The third-order valence-corrected chi connectivity index (χ3v) is 4.62. The minimum atomic E-state index is -4.56. The number of alkyl halides is 3. The van der Waals surface area contributed by atoms with Crippen molar-refractivity contribution in [1.82, 2.24) is 9.88 Å². The van der Waals surface area contributed by atoms with E-state index >= 15 is 0 Å². The van der Waals surface area contributed by atoms with Crippen LogP contribution in [0.3, 0.4) is 0 Å². The topological polar surface area (TPSA) is 85.1 Å². The molecule has 2 aromatic rings. The van der Waals surface area contributed by atoms with E-state index in [0.29, 0.717) is 16.4 Å². The standard InChI is InChI=1S/C20H18F3N3O5/c1-4-17-24-10-16(31-17)19(28)26(12-7-13(29-2)9-14(8-12)30-3)15-5-6-25(18(15)27)11-20(21,22)23/h1,7-10,15H,5-6,11H2,2-3H3. The monoisotopic (exact) mass is 437 g/mol. The fourth-order valence-electron chi connectivity index (χ4n) is 3.26. The molecular weight excluding hydrogens is 419 g/mol. The number of anilines is 1. The summed E-state index contributed by atoms with van der Waals surface area (Å²) in [7, 11) is 2.79. The van der Waals surface area contributed by atoms with E-state index in [4.69, 9.17) is 20.3 Å². The minimum Gasteiger partial charge on any atom is -0.497 e. The molecule has 31 heavy (non-hydrogen) atoms. The number of nitrogens with zero attached hydrogens (tertiary/aromatic N) is 3. The van der Waals surface area contributed by atoms with Gasteiger partial charge in [-0.05, 0) is 12.3 Å². The number of terminal acetylenes is 1.